The molecule has 0 radical (unpaired) electrons. The van der Waals surface area contributed by atoms with Crippen LogP contribution in [0.2, 0.25) is 15.1 Å². The Morgan fingerprint density at radius 3 is 2.10 bits per heavy atom. The van der Waals surface area contributed by atoms with Crippen LogP contribution in [0.3, 0.4) is 0 Å². The second-order valence-corrected chi connectivity index (χ2v) is 16.5. The Hall–Kier alpha value is -5.79. The Morgan fingerprint density at radius 2 is 1.51 bits per heavy atom. The zero-order valence-electron chi connectivity index (χ0n) is 32.7. The SMILES string of the molecule is COc1cc([C@H]2C3=CC[C@@H]4C(=O)N(N(C)c5nc(C(F)(F)F)ccc5Cl)C(=O)[C@@H]4[C@@H]3C[C@H]3C(=O)N(Nc4ncc(C(F)(F)F)cc4Cl)C(=O)[C@@]23c2ccc(Cl)cc2)cc(OC)c1O. The van der Waals surface area contributed by atoms with Gasteiger partial charge in [0.15, 0.2) is 23.1 Å². The van der Waals surface area contributed by atoms with Gasteiger partial charge in [0.25, 0.3) is 23.6 Å². The van der Waals surface area contributed by atoms with Crippen molar-refractivity contribution < 1.29 is 60.1 Å². The number of ether oxygens (including phenoxy) is 2. The Kier molecular flexibility index (Phi) is 10.8. The molecule has 63 heavy (non-hydrogen) atoms. The number of amides is 4. The highest BCUT2D eigenvalue weighted by Gasteiger charge is 2.71. The molecule has 3 fully saturated rings. The summed E-state index contributed by atoms with van der Waals surface area (Å²) in [6.45, 7) is 0. The molecule has 0 spiro atoms. The van der Waals surface area contributed by atoms with Gasteiger partial charge in [-0.3, -0.25) is 29.6 Å². The lowest BCUT2D eigenvalue weighted by Crippen LogP contribution is -2.53. The van der Waals surface area contributed by atoms with Crippen LogP contribution in [-0.4, -0.2) is 70.0 Å². The van der Waals surface area contributed by atoms with Crippen molar-refractivity contribution in [3.8, 4) is 17.2 Å². The molecule has 4 amide bonds. The highest BCUT2D eigenvalue weighted by atomic mass is 35.5. The van der Waals surface area contributed by atoms with Crippen molar-refractivity contribution in [1.82, 2.24) is 20.0 Å². The van der Waals surface area contributed by atoms with Crippen molar-refractivity contribution in [3.63, 3.8) is 0 Å². The molecule has 0 bridgehead atoms. The van der Waals surface area contributed by atoms with Crippen LogP contribution in [0, 0.1) is 23.7 Å². The highest BCUT2D eigenvalue weighted by Crippen LogP contribution is 2.65. The maximum absolute atomic E-state index is 15.5. The Labute approximate surface area is 368 Å². The molecule has 2 saturated heterocycles. The third kappa shape index (κ3) is 6.86. The highest BCUT2D eigenvalue weighted by molar-refractivity contribution is 6.33. The third-order valence-electron chi connectivity index (χ3n) is 12.1. The first-order valence-corrected chi connectivity index (χ1v) is 19.9. The zero-order valence-corrected chi connectivity index (χ0v) is 35.0. The average Bonchev–Trinajstić information content (AvgIpc) is 3.61. The maximum atomic E-state index is 15.5. The second-order valence-electron chi connectivity index (χ2n) is 15.2. The summed E-state index contributed by atoms with van der Waals surface area (Å²) >= 11 is 18.9. The lowest BCUT2D eigenvalue weighted by Gasteiger charge is -2.50. The predicted molar refractivity (Wildman–Crippen MR) is 213 cm³/mol. The van der Waals surface area contributed by atoms with Gasteiger partial charge >= 0.3 is 12.4 Å². The lowest BCUT2D eigenvalue weighted by atomic mass is 9.49. The second kappa shape index (κ2) is 15.5. The minimum atomic E-state index is -4.90. The van der Waals surface area contributed by atoms with E-state index in [2.05, 4.69) is 15.4 Å². The number of nitrogens with zero attached hydrogens (tertiary/aromatic N) is 5. The summed E-state index contributed by atoms with van der Waals surface area (Å²) in [5.41, 5.74) is -1.10. The number of hydrogen-bond donors (Lipinski definition) is 2. The van der Waals surface area contributed by atoms with Gasteiger partial charge in [-0.2, -0.15) is 36.4 Å². The van der Waals surface area contributed by atoms with Crippen molar-refractivity contribution in [2.24, 2.45) is 23.7 Å². The minimum Gasteiger partial charge on any atom is -0.502 e. The van der Waals surface area contributed by atoms with Gasteiger partial charge in [-0.05, 0) is 72.4 Å². The number of pyridine rings is 2. The van der Waals surface area contributed by atoms with Gasteiger partial charge in [0, 0.05) is 24.2 Å². The Balaban J connectivity index is 1.31. The van der Waals surface area contributed by atoms with E-state index in [9.17, 15) is 41.0 Å². The summed E-state index contributed by atoms with van der Waals surface area (Å²) in [4.78, 5) is 66.9. The standard InChI is InChI=1S/C41H31Cl3F6N6O7/c1-54(34-25(43)10-11-29(52-34)41(48,49)50)56-35(58)22-9-8-21-23(30(22)37(56)60)15-24-36(59)55(53-33-26(44)14-19(16-51-33)40(45,46)47)38(61)39(24,18-4-6-20(42)7-5-18)31(21)17-12-27(62-2)32(57)28(13-17)63-3/h4-8,10-14,16,22-24,30-31,57H,9,15H2,1-3H3,(H,51,53)/t22-,23+,24-,30-,31-,39+/m0/s1. The molecule has 22 heteroatoms. The van der Waals surface area contributed by atoms with Gasteiger partial charge < -0.3 is 14.6 Å². The number of carbonyl (C=O) groups is 4. The van der Waals surface area contributed by atoms with Crippen molar-refractivity contribution in [1.29, 1.82) is 0 Å². The average molecular weight is 940 g/mol. The van der Waals surface area contributed by atoms with E-state index < -0.39 is 105 Å². The molecule has 2 aliphatic heterocycles. The van der Waals surface area contributed by atoms with Gasteiger partial charge in [0.2, 0.25) is 5.75 Å². The number of rotatable bonds is 8. The fraction of sp³-hybridized carbons (Fsp3) is 0.317. The number of nitrogens with one attached hydrogen (secondary N) is 1. The molecule has 8 rings (SSSR count). The molecule has 13 nitrogen and oxygen atoms in total. The van der Waals surface area contributed by atoms with E-state index in [0.717, 1.165) is 18.1 Å². The molecule has 330 valence electrons. The molecule has 2 aromatic carbocycles. The molecule has 4 aliphatic rings. The van der Waals surface area contributed by atoms with Crippen LogP contribution in [-0.2, 0) is 36.9 Å². The van der Waals surface area contributed by atoms with E-state index in [1.165, 1.54) is 50.6 Å². The van der Waals surface area contributed by atoms with Crippen molar-refractivity contribution in [3.05, 3.63) is 110 Å². The number of fused-ring (bicyclic) bond motifs is 4. The molecule has 6 atom stereocenters. The van der Waals surface area contributed by atoms with E-state index in [1.807, 2.05) is 0 Å². The summed E-state index contributed by atoms with van der Waals surface area (Å²) in [6, 6.07) is 11.0. The molecule has 1 saturated carbocycles. The monoisotopic (exact) mass is 938 g/mol. The molecule has 4 aromatic rings. The van der Waals surface area contributed by atoms with Crippen LogP contribution in [0.25, 0.3) is 0 Å². The summed E-state index contributed by atoms with van der Waals surface area (Å²) < 4.78 is 93.0. The number of alkyl halides is 6. The summed E-state index contributed by atoms with van der Waals surface area (Å²) in [5.74, 6) is -11.2. The number of halogens is 9. The quantitative estimate of drug-likeness (QED) is 0.0998. The Morgan fingerprint density at radius 1 is 0.857 bits per heavy atom. The lowest BCUT2D eigenvalue weighted by molar-refractivity contribution is -0.142. The van der Waals surface area contributed by atoms with Gasteiger partial charge in [-0.15, -0.1) is 0 Å². The van der Waals surface area contributed by atoms with Crippen molar-refractivity contribution in [2.75, 3.05) is 31.7 Å². The topological polar surface area (TPSA) is 154 Å². The Bertz CT molecular complexity index is 2610. The normalized spacial score (nSPS) is 24.5. The maximum Gasteiger partial charge on any atom is 0.433 e. The number of phenols is 1. The first-order valence-electron chi connectivity index (χ1n) is 18.8. The first-order chi connectivity index (χ1) is 29.6. The zero-order chi connectivity index (χ0) is 45.7. The van der Waals surface area contributed by atoms with E-state index >= 15 is 9.59 Å². The number of anilines is 2. The molecule has 0 unspecified atom stereocenters. The number of phenolic OH excluding ortho intramolecular Hbond substituents is 1. The molecule has 2 N–H and O–H groups in total. The molecule has 4 heterocycles. The number of carbonyl (C=O) groups excluding carboxylic acids is 4. The van der Waals surface area contributed by atoms with Crippen molar-refractivity contribution >= 4 is 70.1 Å². The van der Waals surface area contributed by atoms with Crippen LogP contribution in [0.1, 0.15) is 41.1 Å². The summed E-state index contributed by atoms with van der Waals surface area (Å²) in [5, 5.41) is 12.5. The largest absolute Gasteiger partial charge is 0.502 e. The van der Waals surface area contributed by atoms with Crippen LogP contribution in [0.15, 0.2) is 72.4 Å². The predicted octanol–water partition coefficient (Wildman–Crippen LogP) is 8.23. The van der Waals surface area contributed by atoms with Crippen LogP contribution < -0.4 is 19.9 Å². The minimum absolute atomic E-state index is 0.110. The van der Waals surface area contributed by atoms with Crippen LogP contribution in [0.4, 0.5) is 38.0 Å². The third-order valence-corrected chi connectivity index (χ3v) is 12.9. The van der Waals surface area contributed by atoms with E-state index in [4.69, 9.17) is 44.3 Å². The number of imide groups is 2. The number of methoxy groups -OCH3 is 2. The van der Waals surface area contributed by atoms with Crippen molar-refractivity contribution in [2.45, 2.75) is 36.5 Å². The van der Waals surface area contributed by atoms with Gasteiger partial charge in [-0.1, -0.05) is 58.6 Å². The van der Waals surface area contributed by atoms with Gasteiger partial charge in [0.05, 0.1) is 53.0 Å². The van der Waals surface area contributed by atoms with Crippen LogP contribution >= 0.6 is 34.8 Å². The fourth-order valence-corrected chi connectivity index (χ4v) is 9.99. The number of benzene rings is 2. The number of aromatic hydroxyl groups is 1. The fourth-order valence-electron chi connectivity index (χ4n) is 9.43. The smallest absolute Gasteiger partial charge is 0.433 e. The summed E-state index contributed by atoms with van der Waals surface area (Å²) in [7, 11) is 3.68. The van der Waals surface area contributed by atoms with Gasteiger partial charge in [0.1, 0.15) is 5.69 Å². The molecule has 2 aromatic heterocycles. The molecular formula is C41H31Cl3F6N6O7. The number of aromatic nitrogens is 2. The van der Waals surface area contributed by atoms with Crippen LogP contribution in [0.5, 0.6) is 17.2 Å². The van der Waals surface area contributed by atoms with E-state index in [-0.39, 0.29) is 45.5 Å². The molecule has 2 aliphatic carbocycles. The van der Waals surface area contributed by atoms with Gasteiger partial charge in [-0.25, -0.2) is 9.97 Å². The number of allylic oxidation sites excluding steroid dienone is 2. The first kappa shape index (κ1) is 43.8. The summed E-state index contributed by atoms with van der Waals surface area (Å²) in [6.07, 6.45) is -8.00. The van der Waals surface area contributed by atoms with E-state index in [1.54, 1.807) is 6.08 Å². The molecular weight excluding hydrogens is 909 g/mol. The number of hydrazine groups is 2. The van der Waals surface area contributed by atoms with E-state index in [0.29, 0.717) is 33.9 Å². The number of hydrogen-bond acceptors (Lipinski definition) is 11.